The van der Waals surface area contributed by atoms with Crippen LogP contribution in [0.3, 0.4) is 0 Å². The van der Waals surface area contributed by atoms with Gasteiger partial charge in [-0.1, -0.05) is 19.3 Å². The predicted molar refractivity (Wildman–Crippen MR) is 47.0 cm³/mol. The van der Waals surface area contributed by atoms with Crippen molar-refractivity contribution >= 4 is 11.9 Å². The van der Waals surface area contributed by atoms with E-state index in [2.05, 4.69) is 0 Å². The van der Waals surface area contributed by atoms with Gasteiger partial charge in [-0.3, -0.25) is 9.59 Å². The minimum atomic E-state index is -0.930. The molecule has 1 fully saturated rings. The number of carbonyl (C=O) groups is 2. The maximum Gasteiger partial charge on any atom is 0.304 e. The summed E-state index contributed by atoms with van der Waals surface area (Å²) in [4.78, 5) is 21.7. The van der Waals surface area contributed by atoms with Crippen LogP contribution < -0.4 is 5.73 Å². The van der Waals surface area contributed by atoms with E-state index in [1.165, 1.54) is 0 Å². The second kappa shape index (κ2) is 3.77. The highest BCUT2D eigenvalue weighted by Crippen LogP contribution is 2.38. The normalized spacial score (nSPS) is 20.9. The molecule has 0 spiro atoms. The van der Waals surface area contributed by atoms with Crippen molar-refractivity contribution in [3.8, 4) is 0 Å². The van der Waals surface area contributed by atoms with Gasteiger partial charge in [-0.05, 0) is 12.8 Å². The molecule has 3 N–H and O–H groups in total. The number of amides is 1. The summed E-state index contributed by atoms with van der Waals surface area (Å²) in [6.45, 7) is 0. The molecule has 1 saturated carbocycles. The molecule has 74 valence electrons. The van der Waals surface area contributed by atoms with E-state index in [4.69, 9.17) is 10.8 Å². The first-order valence-electron chi connectivity index (χ1n) is 4.58. The molecule has 0 atom stereocenters. The number of primary amides is 1. The molecular formula is C9H15NO3. The van der Waals surface area contributed by atoms with E-state index < -0.39 is 17.3 Å². The number of carbonyl (C=O) groups excluding carboxylic acids is 1. The average Bonchev–Trinajstić information content (AvgIpc) is 2.04. The predicted octanol–water partition coefficient (Wildman–Crippen LogP) is 0.897. The summed E-state index contributed by atoms with van der Waals surface area (Å²) in [6, 6.07) is 0. The zero-order chi connectivity index (χ0) is 9.90. The van der Waals surface area contributed by atoms with E-state index in [-0.39, 0.29) is 6.42 Å². The highest BCUT2D eigenvalue weighted by molar-refractivity contribution is 5.85. The molecule has 1 rings (SSSR count). The first-order chi connectivity index (χ1) is 6.07. The number of nitrogens with two attached hydrogens (primary N) is 1. The first-order valence-corrected chi connectivity index (χ1v) is 4.58. The van der Waals surface area contributed by atoms with Gasteiger partial charge >= 0.3 is 5.97 Å². The zero-order valence-corrected chi connectivity index (χ0v) is 7.58. The second-order valence-electron chi connectivity index (χ2n) is 3.78. The molecule has 0 unspecified atom stereocenters. The molecule has 1 aliphatic carbocycles. The van der Waals surface area contributed by atoms with Crippen molar-refractivity contribution in [1.29, 1.82) is 0 Å². The van der Waals surface area contributed by atoms with E-state index in [0.29, 0.717) is 12.8 Å². The maximum absolute atomic E-state index is 11.2. The number of hydrogen-bond acceptors (Lipinski definition) is 2. The molecule has 4 heteroatoms. The summed E-state index contributed by atoms with van der Waals surface area (Å²) in [5, 5.41) is 8.67. The van der Waals surface area contributed by atoms with Crippen LogP contribution in [0.5, 0.6) is 0 Å². The van der Waals surface area contributed by atoms with Gasteiger partial charge < -0.3 is 10.8 Å². The number of carboxylic acids is 1. The lowest BCUT2D eigenvalue weighted by Gasteiger charge is -2.32. The summed E-state index contributed by atoms with van der Waals surface area (Å²) in [6.07, 6.45) is 4.06. The smallest absolute Gasteiger partial charge is 0.304 e. The molecule has 0 saturated heterocycles. The van der Waals surface area contributed by atoms with Gasteiger partial charge in [0.25, 0.3) is 0 Å². The number of hydrogen-bond donors (Lipinski definition) is 2. The summed E-state index contributed by atoms with van der Waals surface area (Å²) < 4.78 is 0. The fraction of sp³-hybridized carbons (Fsp3) is 0.778. The molecule has 0 aliphatic heterocycles. The Bertz CT molecular complexity index is 219. The van der Waals surface area contributed by atoms with Gasteiger partial charge in [0.15, 0.2) is 0 Å². The number of rotatable bonds is 3. The Labute approximate surface area is 77.1 Å². The Morgan fingerprint density at radius 2 is 1.77 bits per heavy atom. The lowest BCUT2D eigenvalue weighted by molar-refractivity contribution is -0.145. The number of aliphatic carboxylic acids is 1. The van der Waals surface area contributed by atoms with Crippen LogP contribution in [0.2, 0.25) is 0 Å². The van der Waals surface area contributed by atoms with Gasteiger partial charge in [0, 0.05) is 0 Å². The lowest BCUT2D eigenvalue weighted by atomic mass is 9.71. The largest absolute Gasteiger partial charge is 0.481 e. The summed E-state index contributed by atoms with van der Waals surface area (Å²) >= 11 is 0. The highest BCUT2D eigenvalue weighted by Gasteiger charge is 2.39. The molecule has 0 aromatic rings. The Balaban J connectivity index is 2.73. The van der Waals surface area contributed by atoms with E-state index >= 15 is 0 Å². The Kier molecular flexibility index (Phi) is 2.90. The average molecular weight is 185 g/mol. The topological polar surface area (TPSA) is 80.4 Å². The van der Waals surface area contributed by atoms with Crippen molar-refractivity contribution < 1.29 is 14.7 Å². The summed E-state index contributed by atoms with van der Waals surface area (Å²) in [5.74, 6) is -1.38. The molecule has 1 aliphatic rings. The van der Waals surface area contributed by atoms with Crippen molar-refractivity contribution in [3.63, 3.8) is 0 Å². The fourth-order valence-corrected chi connectivity index (χ4v) is 2.03. The molecule has 0 radical (unpaired) electrons. The van der Waals surface area contributed by atoms with Gasteiger partial charge in [0.2, 0.25) is 5.91 Å². The van der Waals surface area contributed by atoms with E-state index in [1.54, 1.807) is 0 Å². The van der Waals surface area contributed by atoms with E-state index in [9.17, 15) is 9.59 Å². The van der Waals surface area contributed by atoms with Gasteiger partial charge in [-0.2, -0.15) is 0 Å². The maximum atomic E-state index is 11.2. The Morgan fingerprint density at radius 3 is 2.15 bits per heavy atom. The monoisotopic (exact) mass is 185 g/mol. The van der Waals surface area contributed by atoms with Gasteiger partial charge in [0.1, 0.15) is 0 Å². The summed E-state index contributed by atoms with van der Waals surface area (Å²) in [5.41, 5.74) is 4.49. The van der Waals surface area contributed by atoms with Crippen LogP contribution in [0.4, 0.5) is 0 Å². The Morgan fingerprint density at radius 1 is 1.23 bits per heavy atom. The van der Waals surface area contributed by atoms with E-state index in [0.717, 1.165) is 19.3 Å². The highest BCUT2D eigenvalue weighted by atomic mass is 16.4. The fourth-order valence-electron chi connectivity index (χ4n) is 2.03. The van der Waals surface area contributed by atoms with Crippen molar-refractivity contribution in [3.05, 3.63) is 0 Å². The van der Waals surface area contributed by atoms with Crippen LogP contribution in [0, 0.1) is 5.41 Å². The molecule has 4 nitrogen and oxygen atoms in total. The van der Waals surface area contributed by atoms with Crippen LogP contribution in [-0.2, 0) is 9.59 Å². The molecule has 0 bridgehead atoms. The van der Waals surface area contributed by atoms with Gasteiger partial charge in [-0.25, -0.2) is 0 Å². The summed E-state index contributed by atoms with van der Waals surface area (Å²) in [7, 11) is 0. The van der Waals surface area contributed by atoms with Crippen LogP contribution in [-0.4, -0.2) is 17.0 Å². The SMILES string of the molecule is NC(=O)C1(CC(=O)O)CCCCC1. The molecule has 0 aromatic carbocycles. The quantitative estimate of drug-likeness (QED) is 0.685. The third kappa shape index (κ3) is 2.20. The first kappa shape index (κ1) is 10.0. The molecular weight excluding hydrogens is 170 g/mol. The minimum absolute atomic E-state index is 0.109. The standard InChI is InChI=1S/C9H15NO3/c10-8(13)9(6-7(11)12)4-2-1-3-5-9/h1-6H2,(H2,10,13)(H,11,12). The third-order valence-electron chi connectivity index (χ3n) is 2.82. The van der Waals surface area contributed by atoms with Crippen LogP contribution in [0.15, 0.2) is 0 Å². The van der Waals surface area contributed by atoms with Crippen LogP contribution in [0.25, 0.3) is 0 Å². The van der Waals surface area contributed by atoms with Crippen molar-refractivity contribution in [2.24, 2.45) is 11.1 Å². The van der Waals surface area contributed by atoms with Crippen LogP contribution >= 0.6 is 0 Å². The van der Waals surface area contributed by atoms with Crippen molar-refractivity contribution in [2.75, 3.05) is 0 Å². The van der Waals surface area contributed by atoms with Crippen molar-refractivity contribution in [2.45, 2.75) is 38.5 Å². The molecule has 0 aromatic heterocycles. The van der Waals surface area contributed by atoms with E-state index in [1.807, 2.05) is 0 Å². The minimum Gasteiger partial charge on any atom is -0.481 e. The Hall–Kier alpha value is -1.06. The lowest BCUT2D eigenvalue weighted by Crippen LogP contribution is -2.40. The molecule has 1 amide bonds. The van der Waals surface area contributed by atoms with Gasteiger partial charge in [-0.15, -0.1) is 0 Å². The second-order valence-corrected chi connectivity index (χ2v) is 3.78. The number of carboxylic acid groups (broad SMARTS) is 1. The van der Waals surface area contributed by atoms with Crippen molar-refractivity contribution in [1.82, 2.24) is 0 Å². The van der Waals surface area contributed by atoms with Crippen LogP contribution in [0.1, 0.15) is 38.5 Å². The molecule has 13 heavy (non-hydrogen) atoms. The zero-order valence-electron chi connectivity index (χ0n) is 7.58. The van der Waals surface area contributed by atoms with Gasteiger partial charge in [0.05, 0.1) is 11.8 Å². The third-order valence-corrected chi connectivity index (χ3v) is 2.82. The molecule has 0 heterocycles.